The second-order valence-corrected chi connectivity index (χ2v) is 7.77. The Balaban J connectivity index is 1.97. The molecule has 1 aromatic rings. The van der Waals surface area contributed by atoms with Crippen molar-refractivity contribution in [3.8, 4) is 0 Å². The number of hydrogen-bond donors (Lipinski definition) is 1. The third kappa shape index (κ3) is 5.54. The summed E-state index contributed by atoms with van der Waals surface area (Å²) >= 11 is 0. The summed E-state index contributed by atoms with van der Waals surface area (Å²) in [5, 5.41) is 3.07. The molecule has 4 nitrogen and oxygen atoms in total. The van der Waals surface area contributed by atoms with Crippen LogP contribution in [0.25, 0.3) is 0 Å². The molecule has 0 spiro atoms. The van der Waals surface area contributed by atoms with Gasteiger partial charge in [-0.1, -0.05) is 44.2 Å². The van der Waals surface area contributed by atoms with Crippen LogP contribution < -0.4 is 5.32 Å². The molecule has 1 aliphatic rings. The van der Waals surface area contributed by atoms with E-state index in [2.05, 4.69) is 48.3 Å². The zero-order chi connectivity index (χ0) is 17.0. The summed E-state index contributed by atoms with van der Waals surface area (Å²) in [5.74, 6) is 0.974. The third-order valence-electron chi connectivity index (χ3n) is 4.48. The first-order chi connectivity index (χ1) is 10.7. The van der Waals surface area contributed by atoms with Gasteiger partial charge in [0.05, 0.1) is 0 Å². The van der Waals surface area contributed by atoms with Crippen LogP contribution in [0.2, 0.25) is 0 Å². The van der Waals surface area contributed by atoms with Crippen molar-refractivity contribution in [1.29, 1.82) is 0 Å². The van der Waals surface area contributed by atoms with Crippen LogP contribution in [-0.4, -0.2) is 35.7 Å². The van der Waals surface area contributed by atoms with Gasteiger partial charge >= 0.3 is 6.09 Å². The molecule has 1 N–H and O–H groups in total. The second kappa shape index (κ2) is 7.35. The Morgan fingerprint density at radius 3 is 2.48 bits per heavy atom. The molecule has 2 rings (SSSR count). The molecule has 0 saturated carbocycles. The molecule has 1 heterocycles. The summed E-state index contributed by atoms with van der Waals surface area (Å²) in [4.78, 5) is 14.5. The topological polar surface area (TPSA) is 41.6 Å². The number of benzene rings is 1. The number of carbonyl (C=O) groups excluding carboxylic acids is 1. The molecule has 1 aliphatic heterocycles. The van der Waals surface area contributed by atoms with Crippen LogP contribution in [0.15, 0.2) is 30.3 Å². The maximum absolute atomic E-state index is 12.1. The minimum atomic E-state index is -0.461. The van der Waals surface area contributed by atoms with Crippen LogP contribution in [-0.2, 0) is 11.3 Å². The zero-order valence-electron chi connectivity index (χ0n) is 15.0. The first kappa shape index (κ1) is 17.8. The lowest BCUT2D eigenvalue weighted by Gasteiger charge is -2.41. The first-order valence-electron chi connectivity index (χ1n) is 8.50. The lowest BCUT2D eigenvalue weighted by atomic mass is 9.84. The normalized spacial score (nSPS) is 25.9. The Bertz CT molecular complexity index is 510. The zero-order valence-corrected chi connectivity index (χ0v) is 15.0. The summed E-state index contributed by atoms with van der Waals surface area (Å²) in [7, 11) is 0. The lowest BCUT2D eigenvalue weighted by Crippen LogP contribution is -2.55. The molecule has 23 heavy (non-hydrogen) atoms. The van der Waals surface area contributed by atoms with Gasteiger partial charge in [0.1, 0.15) is 5.60 Å². The average molecular weight is 318 g/mol. The van der Waals surface area contributed by atoms with Crippen molar-refractivity contribution in [1.82, 2.24) is 10.2 Å². The highest BCUT2D eigenvalue weighted by molar-refractivity contribution is 5.68. The highest BCUT2D eigenvalue weighted by atomic mass is 16.6. The number of ether oxygens (including phenoxy) is 1. The van der Waals surface area contributed by atoms with Crippen LogP contribution in [0, 0.1) is 11.8 Å². The van der Waals surface area contributed by atoms with E-state index in [4.69, 9.17) is 4.74 Å². The Morgan fingerprint density at radius 2 is 1.87 bits per heavy atom. The van der Waals surface area contributed by atoms with Gasteiger partial charge in [-0.05, 0) is 38.2 Å². The fourth-order valence-corrected chi connectivity index (χ4v) is 3.10. The Labute approximate surface area is 140 Å². The Kier molecular flexibility index (Phi) is 5.69. The van der Waals surface area contributed by atoms with Crippen LogP contribution in [0.3, 0.4) is 0 Å². The van der Waals surface area contributed by atoms with Gasteiger partial charge < -0.3 is 10.1 Å². The van der Waals surface area contributed by atoms with E-state index in [1.807, 2.05) is 26.8 Å². The molecule has 1 fully saturated rings. The fourth-order valence-electron chi connectivity index (χ4n) is 3.10. The van der Waals surface area contributed by atoms with Gasteiger partial charge in [-0.25, -0.2) is 4.79 Å². The fraction of sp³-hybridized carbons (Fsp3) is 0.632. The van der Waals surface area contributed by atoms with E-state index in [9.17, 15) is 4.79 Å². The van der Waals surface area contributed by atoms with Crippen LogP contribution in [0.4, 0.5) is 4.79 Å². The Morgan fingerprint density at radius 1 is 1.22 bits per heavy atom. The first-order valence-corrected chi connectivity index (χ1v) is 8.50. The number of rotatable bonds is 3. The van der Waals surface area contributed by atoms with E-state index in [1.165, 1.54) is 5.56 Å². The number of nitrogens with zero attached hydrogens (tertiary/aromatic N) is 1. The third-order valence-corrected chi connectivity index (χ3v) is 4.48. The summed E-state index contributed by atoms with van der Waals surface area (Å²) in [5.41, 5.74) is 0.849. The summed E-state index contributed by atoms with van der Waals surface area (Å²) in [6, 6.07) is 10.6. The van der Waals surface area contributed by atoms with Crippen molar-refractivity contribution in [2.24, 2.45) is 11.8 Å². The summed E-state index contributed by atoms with van der Waals surface area (Å²) in [6.07, 6.45) is -0.317. The summed E-state index contributed by atoms with van der Waals surface area (Å²) in [6.45, 7) is 13.0. The number of carbonyl (C=O) groups is 1. The average Bonchev–Trinajstić information content (AvgIpc) is 2.43. The highest BCUT2D eigenvalue weighted by Crippen LogP contribution is 2.25. The van der Waals surface area contributed by atoms with Gasteiger partial charge in [-0.2, -0.15) is 0 Å². The van der Waals surface area contributed by atoms with Crippen molar-refractivity contribution in [2.45, 2.75) is 52.8 Å². The SMILES string of the molecule is C[C@@H]1[C@H](C)CN(Cc2ccccc2)C[C@H]1NC(=O)OC(C)(C)C. The molecule has 0 aliphatic carbocycles. The Hall–Kier alpha value is -1.55. The van der Waals surface area contributed by atoms with E-state index in [0.717, 1.165) is 19.6 Å². The number of amides is 1. The molecule has 0 bridgehead atoms. The number of nitrogens with one attached hydrogen (secondary N) is 1. The number of piperidine rings is 1. The van der Waals surface area contributed by atoms with Crippen molar-refractivity contribution in [2.75, 3.05) is 13.1 Å². The molecule has 128 valence electrons. The molecule has 4 heteroatoms. The molecule has 1 amide bonds. The molecular weight excluding hydrogens is 288 g/mol. The monoisotopic (exact) mass is 318 g/mol. The maximum atomic E-state index is 12.1. The van der Waals surface area contributed by atoms with Crippen molar-refractivity contribution < 1.29 is 9.53 Å². The van der Waals surface area contributed by atoms with E-state index >= 15 is 0 Å². The number of likely N-dealkylation sites (tertiary alicyclic amines) is 1. The van der Waals surface area contributed by atoms with Crippen LogP contribution in [0.5, 0.6) is 0 Å². The smallest absolute Gasteiger partial charge is 0.407 e. The van der Waals surface area contributed by atoms with Gasteiger partial charge in [0.15, 0.2) is 0 Å². The summed E-state index contributed by atoms with van der Waals surface area (Å²) < 4.78 is 5.41. The quantitative estimate of drug-likeness (QED) is 0.924. The van der Waals surface area contributed by atoms with Gasteiger partial charge in [-0.3, -0.25) is 4.90 Å². The predicted molar refractivity (Wildman–Crippen MR) is 93.2 cm³/mol. The largest absolute Gasteiger partial charge is 0.444 e. The van der Waals surface area contributed by atoms with E-state index in [-0.39, 0.29) is 12.1 Å². The van der Waals surface area contributed by atoms with E-state index in [0.29, 0.717) is 11.8 Å². The molecular formula is C19H30N2O2. The van der Waals surface area contributed by atoms with Crippen molar-refractivity contribution in [3.63, 3.8) is 0 Å². The predicted octanol–water partition coefficient (Wildman–Crippen LogP) is 3.67. The molecule has 1 saturated heterocycles. The van der Waals surface area contributed by atoms with E-state index < -0.39 is 5.60 Å². The second-order valence-electron chi connectivity index (χ2n) is 7.77. The van der Waals surface area contributed by atoms with Gasteiger partial charge in [0, 0.05) is 25.7 Å². The van der Waals surface area contributed by atoms with Crippen LogP contribution >= 0.6 is 0 Å². The molecule has 0 aromatic heterocycles. The minimum Gasteiger partial charge on any atom is -0.444 e. The molecule has 0 unspecified atom stereocenters. The van der Waals surface area contributed by atoms with Gasteiger partial charge in [0.25, 0.3) is 0 Å². The van der Waals surface area contributed by atoms with Crippen molar-refractivity contribution in [3.05, 3.63) is 35.9 Å². The maximum Gasteiger partial charge on any atom is 0.407 e. The molecule has 3 atom stereocenters. The van der Waals surface area contributed by atoms with Crippen molar-refractivity contribution >= 4 is 6.09 Å². The van der Waals surface area contributed by atoms with Crippen LogP contribution in [0.1, 0.15) is 40.2 Å². The number of alkyl carbamates (subject to hydrolysis) is 1. The van der Waals surface area contributed by atoms with Gasteiger partial charge in [-0.15, -0.1) is 0 Å². The highest BCUT2D eigenvalue weighted by Gasteiger charge is 2.33. The molecule has 0 radical (unpaired) electrons. The molecule has 1 aromatic carbocycles. The minimum absolute atomic E-state index is 0.123. The standard InChI is InChI=1S/C19H30N2O2/c1-14-11-21(12-16-9-7-6-8-10-16)13-17(15(14)2)20-18(22)23-19(3,4)5/h6-10,14-15,17H,11-13H2,1-5H3,(H,20,22)/t14-,15-,17-/m1/s1. The van der Waals surface area contributed by atoms with Gasteiger partial charge in [0.2, 0.25) is 0 Å². The lowest BCUT2D eigenvalue weighted by molar-refractivity contribution is 0.0376. The number of hydrogen-bond acceptors (Lipinski definition) is 3. The van der Waals surface area contributed by atoms with E-state index in [1.54, 1.807) is 0 Å².